The third-order valence-electron chi connectivity index (χ3n) is 2.77. The zero-order chi connectivity index (χ0) is 12.8. The minimum Gasteiger partial charge on any atom is -0.320 e. The van der Waals surface area contributed by atoms with Gasteiger partial charge in [-0.15, -0.1) is 0 Å². The number of nitrogens with one attached hydrogen (secondary N) is 1. The monoisotopic (exact) mass is 243 g/mol. The van der Waals surface area contributed by atoms with Crippen LogP contribution >= 0.6 is 0 Å². The molecule has 1 amide bonds. The van der Waals surface area contributed by atoms with Gasteiger partial charge in [-0.2, -0.15) is 0 Å². The maximum Gasteiger partial charge on any atom is 0.255 e. The molecule has 0 bridgehead atoms. The fraction of sp³-hybridized carbons (Fsp3) is 0.214. The van der Waals surface area contributed by atoms with E-state index in [1.54, 1.807) is 17.1 Å². The van der Waals surface area contributed by atoms with Crippen molar-refractivity contribution in [3.63, 3.8) is 0 Å². The topological polar surface area (TPSA) is 60.1 Å². The van der Waals surface area contributed by atoms with Gasteiger partial charge < -0.3 is 5.73 Å². The first kappa shape index (κ1) is 12.4. The van der Waals surface area contributed by atoms with Crippen LogP contribution in [0.4, 0.5) is 0 Å². The molecular weight excluding hydrogens is 226 g/mol. The van der Waals surface area contributed by atoms with Crippen molar-refractivity contribution >= 4 is 5.91 Å². The minimum atomic E-state index is -0.493. The Kier molecular flexibility index (Phi) is 4.15. The highest BCUT2D eigenvalue weighted by atomic mass is 16.2. The summed E-state index contributed by atoms with van der Waals surface area (Å²) in [6, 6.07) is 13.2. The molecule has 2 aromatic rings. The van der Waals surface area contributed by atoms with Gasteiger partial charge in [-0.1, -0.05) is 30.3 Å². The number of amides is 1. The molecule has 2 rings (SSSR count). The van der Waals surface area contributed by atoms with Gasteiger partial charge in [0.15, 0.2) is 0 Å². The molecule has 4 nitrogen and oxygen atoms in total. The fourth-order valence-electron chi connectivity index (χ4n) is 1.72. The molecule has 0 saturated carbocycles. The van der Waals surface area contributed by atoms with E-state index in [0.29, 0.717) is 6.42 Å². The summed E-state index contributed by atoms with van der Waals surface area (Å²) < 4.78 is 1.60. The van der Waals surface area contributed by atoms with Crippen LogP contribution in [-0.2, 0) is 11.2 Å². The predicted molar refractivity (Wildman–Crippen MR) is 71.5 cm³/mol. The first-order chi connectivity index (χ1) is 8.75. The van der Waals surface area contributed by atoms with Gasteiger partial charge in [-0.3, -0.25) is 14.9 Å². The summed E-state index contributed by atoms with van der Waals surface area (Å²) in [5.41, 5.74) is 9.76. The van der Waals surface area contributed by atoms with E-state index < -0.39 is 6.04 Å². The fourth-order valence-corrected chi connectivity index (χ4v) is 1.72. The lowest BCUT2D eigenvalue weighted by molar-refractivity contribution is -0.118. The number of hydrogen-bond acceptors (Lipinski definition) is 2. The van der Waals surface area contributed by atoms with Gasteiger partial charge >= 0.3 is 0 Å². The molecule has 1 aromatic carbocycles. The number of hydrogen-bond donors (Lipinski definition) is 2. The normalized spacial score (nSPS) is 12.1. The number of aryl methyl sites for hydroxylation is 1. The van der Waals surface area contributed by atoms with Gasteiger partial charge in [0.05, 0.1) is 6.04 Å². The van der Waals surface area contributed by atoms with Gasteiger partial charge in [0.25, 0.3) is 5.91 Å². The van der Waals surface area contributed by atoms with Gasteiger partial charge in [0.2, 0.25) is 0 Å². The van der Waals surface area contributed by atoms with Crippen LogP contribution in [0.15, 0.2) is 54.9 Å². The van der Waals surface area contributed by atoms with Crippen molar-refractivity contribution in [2.45, 2.75) is 18.9 Å². The molecule has 0 fully saturated rings. The zero-order valence-corrected chi connectivity index (χ0v) is 10.1. The summed E-state index contributed by atoms with van der Waals surface area (Å²) in [7, 11) is 0. The Balaban J connectivity index is 1.81. The van der Waals surface area contributed by atoms with Gasteiger partial charge in [-0.25, -0.2) is 0 Å². The molecule has 94 valence electrons. The van der Waals surface area contributed by atoms with E-state index in [9.17, 15) is 4.79 Å². The smallest absolute Gasteiger partial charge is 0.255 e. The van der Waals surface area contributed by atoms with E-state index in [4.69, 9.17) is 5.73 Å². The summed E-state index contributed by atoms with van der Waals surface area (Å²) in [4.78, 5) is 11.8. The van der Waals surface area contributed by atoms with Crippen molar-refractivity contribution in [3.05, 3.63) is 60.4 Å². The molecule has 1 atom stereocenters. The minimum absolute atomic E-state index is 0.165. The zero-order valence-electron chi connectivity index (χ0n) is 10.1. The van der Waals surface area contributed by atoms with Crippen molar-refractivity contribution in [2.75, 3.05) is 5.43 Å². The second-order valence-corrected chi connectivity index (χ2v) is 4.20. The number of nitrogens with two attached hydrogens (primary N) is 1. The van der Waals surface area contributed by atoms with Crippen LogP contribution in [0.2, 0.25) is 0 Å². The highest BCUT2D eigenvalue weighted by Gasteiger charge is 2.13. The summed E-state index contributed by atoms with van der Waals surface area (Å²) in [6.07, 6.45) is 4.97. The highest BCUT2D eigenvalue weighted by molar-refractivity contribution is 5.88. The van der Waals surface area contributed by atoms with Crippen molar-refractivity contribution < 1.29 is 4.79 Å². The Bertz CT molecular complexity index is 479. The third-order valence-corrected chi connectivity index (χ3v) is 2.77. The van der Waals surface area contributed by atoms with Gasteiger partial charge in [0.1, 0.15) is 0 Å². The molecule has 18 heavy (non-hydrogen) atoms. The third kappa shape index (κ3) is 3.46. The van der Waals surface area contributed by atoms with Crippen LogP contribution < -0.4 is 11.2 Å². The van der Waals surface area contributed by atoms with Crippen molar-refractivity contribution in [1.29, 1.82) is 0 Å². The summed E-state index contributed by atoms with van der Waals surface area (Å²) in [5, 5.41) is 0. The second-order valence-electron chi connectivity index (χ2n) is 4.20. The first-order valence-electron chi connectivity index (χ1n) is 5.99. The van der Waals surface area contributed by atoms with Crippen LogP contribution in [0, 0.1) is 0 Å². The van der Waals surface area contributed by atoms with E-state index in [1.165, 1.54) is 5.56 Å². The van der Waals surface area contributed by atoms with E-state index in [-0.39, 0.29) is 5.91 Å². The van der Waals surface area contributed by atoms with Crippen LogP contribution in [0.5, 0.6) is 0 Å². The van der Waals surface area contributed by atoms with Crippen molar-refractivity contribution in [3.8, 4) is 0 Å². The molecule has 0 spiro atoms. The molecule has 1 unspecified atom stereocenters. The standard InChI is InChI=1S/C14H17N3O/c15-13(9-8-12-6-2-1-3-7-12)14(18)16-17-10-4-5-11-17/h1-7,10-11,13H,8-9,15H2,(H,16,18). The number of rotatable bonds is 5. The Hall–Kier alpha value is -2.07. The molecule has 1 heterocycles. The molecular formula is C14H17N3O. The molecule has 4 heteroatoms. The lowest BCUT2D eigenvalue weighted by Gasteiger charge is -2.12. The molecule has 1 aromatic heterocycles. The van der Waals surface area contributed by atoms with E-state index in [2.05, 4.69) is 5.43 Å². The van der Waals surface area contributed by atoms with Crippen molar-refractivity contribution in [2.24, 2.45) is 5.73 Å². The van der Waals surface area contributed by atoms with Crippen LogP contribution in [0.25, 0.3) is 0 Å². The van der Waals surface area contributed by atoms with E-state index in [1.807, 2.05) is 42.5 Å². The number of benzene rings is 1. The Morgan fingerprint density at radius 2 is 1.83 bits per heavy atom. The largest absolute Gasteiger partial charge is 0.320 e. The predicted octanol–water partition coefficient (Wildman–Crippen LogP) is 1.52. The van der Waals surface area contributed by atoms with Crippen LogP contribution in [-0.4, -0.2) is 16.6 Å². The maximum absolute atomic E-state index is 11.8. The number of carbonyl (C=O) groups excluding carboxylic acids is 1. The molecule has 0 aliphatic carbocycles. The number of aromatic nitrogens is 1. The highest BCUT2D eigenvalue weighted by Crippen LogP contribution is 2.04. The molecule has 0 radical (unpaired) electrons. The number of carbonyl (C=O) groups is 1. The average Bonchev–Trinajstić information content (AvgIpc) is 2.90. The average molecular weight is 243 g/mol. The van der Waals surface area contributed by atoms with Crippen LogP contribution in [0.3, 0.4) is 0 Å². The lowest BCUT2D eigenvalue weighted by Crippen LogP contribution is -2.39. The second kappa shape index (κ2) is 6.02. The Labute approximate surface area is 106 Å². The Morgan fingerprint density at radius 3 is 2.50 bits per heavy atom. The summed E-state index contributed by atoms with van der Waals surface area (Å²) >= 11 is 0. The van der Waals surface area contributed by atoms with E-state index in [0.717, 1.165) is 6.42 Å². The lowest BCUT2D eigenvalue weighted by atomic mass is 10.1. The first-order valence-corrected chi connectivity index (χ1v) is 5.99. The SMILES string of the molecule is NC(CCc1ccccc1)C(=O)Nn1cccc1. The Morgan fingerprint density at radius 1 is 1.17 bits per heavy atom. The quantitative estimate of drug-likeness (QED) is 0.836. The van der Waals surface area contributed by atoms with Crippen molar-refractivity contribution in [1.82, 2.24) is 4.68 Å². The number of nitrogens with zero attached hydrogens (tertiary/aromatic N) is 1. The molecule has 0 saturated heterocycles. The molecule has 0 aliphatic heterocycles. The van der Waals surface area contributed by atoms with Gasteiger partial charge in [-0.05, 0) is 30.5 Å². The van der Waals surface area contributed by atoms with E-state index >= 15 is 0 Å². The molecule has 3 N–H and O–H groups in total. The maximum atomic E-state index is 11.8. The molecule has 0 aliphatic rings. The summed E-state index contributed by atoms with van der Waals surface area (Å²) in [6.45, 7) is 0. The summed E-state index contributed by atoms with van der Waals surface area (Å²) in [5.74, 6) is -0.165. The van der Waals surface area contributed by atoms with Gasteiger partial charge in [0, 0.05) is 12.4 Å². The van der Waals surface area contributed by atoms with Crippen LogP contribution in [0.1, 0.15) is 12.0 Å².